The Morgan fingerprint density at radius 2 is 1.74 bits per heavy atom. The smallest absolute Gasteiger partial charge is 0.320 e. The molecule has 5 aliphatic rings. The fourth-order valence-corrected chi connectivity index (χ4v) is 6.97. The average molecular weight is 487 g/mol. The number of hydrogen-bond acceptors (Lipinski definition) is 5. The van der Waals surface area contributed by atoms with Gasteiger partial charge in [-0.15, -0.1) is 0 Å². The Morgan fingerprint density at radius 3 is 2.35 bits per heavy atom. The summed E-state index contributed by atoms with van der Waals surface area (Å²) in [6.07, 6.45) is 9.47. The number of rotatable bonds is 4. The third kappa shape index (κ3) is 3.26. The number of pyridine rings is 1. The minimum atomic E-state index is -0.787. The first-order valence-corrected chi connectivity index (χ1v) is 12.6. The number of urea groups is 1. The third-order valence-electron chi connectivity index (χ3n) is 8.82. The van der Waals surface area contributed by atoms with Gasteiger partial charge >= 0.3 is 6.03 Å². The summed E-state index contributed by atoms with van der Waals surface area (Å²) in [6, 6.07) is 1.81. The topological polar surface area (TPSA) is 87.4 Å². The number of halogens is 2. The number of nitrogens with zero attached hydrogens (tertiary/aromatic N) is 6. The average Bonchev–Trinajstić information content (AvgIpc) is 3.23. The van der Waals surface area contributed by atoms with Crippen LogP contribution in [0.3, 0.4) is 0 Å². The van der Waals surface area contributed by atoms with Gasteiger partial charge in [0, 0.05) is 43.2 Å². The third-order valence-corrected chi connectivity index (χ3v) is 9.02. The van der Waals surface area contributed by atoms with Crippen molar-refractivity contribution in [3.8, 4) is 0 Å². The van der Waals surface area contributed by atoms with Crippen LogP contribution in [0.5, 0.6) is 0 Å². The van der Waals surface area contributed by atoms with Gasteiger partial charge in [-0.25, -0.2) is 18.9 Å². The quantitative estimate of drug-likeness (QED) is 0.717. The Labute approximate surface area is 202 Å². The van der Waals surface area contributed by atoms with Crippen molar-refractivity contribution in [2.45, 2.75) is 56.6 Å². The van der Waals surface area contributed by atoms with Crippen molar-refractivity contribution < 1.29 is 14.3 Å². The van der Waals surface area contributed by atoms with E-state index in [0.29, 0.717) is 34.9 Å². The van der Waals surface area contributed by atoms with Gasteiger partial charge in [-0.05, 0) is 56.9 Å². The van der Waals surface area contributed by atoms with Gasteiger partial charge in [-0.3, -0.25) is 4.98 Å². The van der Waals surface area contributed by atoms with E-state index in [1.165, 1.54) is 12.3 Å². The lowest BCUT2D eigenvalue weighted by molar-refractivity contribution is -0.107. The van der Waals surface area contributed by atoms with Crippen molar-refractivity contribution in [2.75, 3.05) is 26.2 Å². The van der Waals surface area contributed by atoms with Crippen molar-refractivity contribution in [1.82, 2.24) is 29.5 Å². The molecule has 0 radical (unpaired) electrons. The molecule has 0 aromatic carbocycles. The monoisotopic (exact) mass is 486 g/mol. The number of carbonyl (C=O) groups excluding carboxylic acids is 1. The molecule has 2 aliphatic heterocycles. The molecule has 180 valence electrons. The Kier molecular flexibility index (Phi) is 4.28. The van der Waals surface area contributed by atoms with Crippen LogP contribution < -0.4 is 0 Å². The lowest BCUT2D eigenvalue weighted by Crippen LogP contribution is -2.71. The predicted molar refractivity (Wildman–Crippen MR) is 120 cm³/mol. The number of hydrogen-bond donors (Lipinski definition) is 1. The molecule has 3 saturated carbocycles. The van der Waals surface area contributed by atoms with Crippen LogP contribution in [0.4, 0.5) is 9.18 Å². The van der Waals surface area contributed by atoms with Gasteiger partial charge < -0.3 is 14.9 Å². The van der Waals surface area contributed by atoms with E-state index in [9.17, 15) is 14.3 Å². The predicted octanol–water partition coefficient (Wildman–Crippen LogP) is 3.16. The summed E-state index contributed by atoms with van der Waals surface area (Å²) in [4.78, 5) is 25.3. The minimum absolute atomic E-state index is 0.160. The van der Waals surface area contributed by atoms with Crippen LogP contribution in [-0.4, -0.2) is 66.9 Å². The summed E-state index contributed by atoms with van der Waals surface area (Å²) in [5, 5.41) is 15.0. The second-order valence-corrected chi connectivity index (χ2v) is 12.1. The first-order valence-electron chi connectivity index (χ1n) is 12.2. The first-order chi connectivity index (χ1) is 16.2. The van der Waals surface area contributed by atoms with Crippen LogP contribution >= 0.6 is 11.6 Å². The second-order valence-electron chi connectivity index (χ2n) is 11.7. The molecule has 1 N–H and O–H groups in total. The van der Waals surface area contributed by atoms with E-state index >= 15 is 0 Å². The summed E-state index contributed by atoms with van der Waals surface area (Å²) >= 11 is 5.79. The van der Waals surface area contributed by atoms with Gasteiger partial charge in [0.05, 0.1) is 16.8 Å². The number of aromatic nitrogens is 4. The number of aliphatic hydroxyl groups is 1. The Morgan fingerprint density at radius 1 is 1.09 bits per heavy atom. The van der Waals surface area contributed by atoms with E-state index < -0.39 is 5.60 Å². The van der Waals surface area contributed by atoms with Crippen molar-refractivity contribution in [3.63, 3.8) is 0 Å². The molecule has 2 saturated heterocycles. The Bertz CT molecular complexity index is 1150. The maximum absolute atomic E-state index is 14.0. The van der Waals surface area contributed by atoms with Crippen molar-refractivity contribution >= 4 is 17.6 Å². The van der Waals surface area contributed by atoms with Crippen LogP contribution in [-0.2, 0) is 12.0 Å². The van der Waals surface area contributed by atoms with Gasteiger partial charge in [0.2, 0.25) is 0 Å². The molecular formula is C24H28ClFN6O2. The van der Waals surface area contributed by atoms with E-state index in [1.54, 1.807) is 6.33 Å². The molecule has 4 heterocycles. The summed E-state index contributed by atoms with van der Waals surface area (Å²) in [6.45, 7) is 3.27. The van der Waals surface area contributed by atoms with Crippen molar-refractivity contribution in [2.24, 2.45) is 16.7 Å². The van der Waals surface area contributed by atoms with E-state index in [4.69, 9.17) is 11.6 Å². The molecule has 8 nitrogen and oxygen atoms in total. The zero-order valence-corrected chi connectivity index (χ0v) is 19.7. The Balaban J connectivity index is 0.857. The molecule has 2 aromatic rings. The highest BCUT2D eigenvalue weighted by molar-refractivity contribution is 6.30. The molecule has 2 spiro atoms. The highest BCUT2D eigenvalue weighted by Gasteiger charge is 2.58. The van der Waals surface area contributed by atoms with Crippen LogP contribution in [0.2, 0.25) is 5.02 Å². The lowest BCUT2D eigenvalue weighted by Gasteiger charge is -2.63. The van der Waals surface area contributed by atoms with Gasteiger partial charge in [0.1, 0.15) is 17.7 Å². The highest BCUT2D eigenvalue weighted by Crippen LogP contribution is 2.56. The molecule has 5 fully saturated rings. The first kappa shape index (κ1) is 21.1. The summed E-state index contributed by atoms with van der Waals surface area (Å²) < 4.78 is 15.9. The maximum Gasteiger partial charge on any atom is 0.320 e. The van der Waals surface area contributed by atoms with Gasteiger partial charge in [0.25, 0.3) is 0 Å². The highest BCUT2D eigenvalue weighted by atomic mass is 35.5. The van der Waals surface area contributed by atoms with Crippen molar-refractivity contribution in [3.05, 3.63) is 40.9 Å². The van der Waals surface area contributed by atoms with Gasteiger partial charge in [-0.1, -0.05) is 11.6 Å². The number of likely N-dealkylation sites (tertiary alicyclic amines) is 2. The number of amides is 2. The Hall–Kier alpha value is -2.26. The van der Waals surface area contributed by atoms with E-state index in [1.807, 2.05) is 14.5 Å². The summed E-state index contributed by atoms with van der Waals surface area (Å²) in [5.74, 6) is 0.657. The summed E-state index contributed by atoms with van der Waals surface area (Å²) in [7, 11) is 0. The SMILES string of the molecule is O=C(N1CC2(CC(Cc3ncc(Cl)cc3F)C2)C1)N1CC2(CC(n3cnc(C4(O)CC4)n3)C2)C1. The minimum Gasteiger partial charge on any atom is -0.382 e. The molecule has 0 bridgehead atoms. The molecule has 34 heavy (non-hydrogen) atoms. The second kappa shape index (κ2) is 6.91. The lowest BCUT2D eigenvalue weighted by atomic mass is 9.56. The van der Waals surface area contributed by atoms with Gasteiger partial charge in [0.15, 0.2) is 5.82 Å². The molecule has 10 heteroatoms. The zero-order valence-electron chi connectivity index (χ0n) is 19.0. The molecule has 2 aromatic heterocycles. The fraction of sp³-hybridized carbons (Fsp3) is 0.667. The molecule has 0 unspecified atom stereocenters. The zero-order chi connectivity index (χ0) is 23.3. The van der Waals surface area contributed by atoms with E-state index in [0.717, 1.165) is 64.7 Å². The summed E-state index contributed by atoms with van der Waals surface area (Å²) in [5.41, 5.74) is 0.156. The van der Waals surface area contributed by atoms with Crippen LogP contribution in [0, 0.1) is 22.6 Å². The largest absolute Gasteiger partial charge is 0.382 e. The van der Waals surface area contributed by atoms with E-state index in [-0.39, 0.29) is 22.7 Å². The molecule has 7 rings (SSSR count). The standard InChI is InChI=1S/C24H28ClFN6O2/c25-16-4-18(26)19(27-9-16)3-15-5-22(6-15)10-30(11-22)21(33)31-12-23(13-31)7-17(8-23)32-14-28-20(29-32)24(34)1-2-24/h4,9,14-15,17,34H,1-3,5-8,10-13H2. The normalized spacial score (nSPS) is 26.1. The molecular weight excluding hydrogens is 459 g/mol. The molecule has 2 amide bonds. The van der Waals surface area contributed by atoms with Gasteiger partial charge in [-0.2, -0.15) is 5.10 Å². The van der Waals surface area contributed by atoms with E-state index in [2.05, 4.69) is 15.1 Å². The molecule has 3 aliphatic carbocycles. The van der Waals surface area contributed by atoms with Crippen molar-refractivity contribution in [1.29, 1.82) is 0 Å². The van der Waals surface area contributed by atoms with Crippen LogP contribution in [0.15, 0.2) is 18.6 Å². The molecule has 0 atom stereocenters. The number of carbonyl (C=O) groups is 1. The maximum atomic E-state index is 14.0. The van der Waals surface area contributed by atoms with Crippen LogP contribution in [0.1, 0.15) is 56.1 Å². The van der Waals surface area contributed by atoms with Crippen LogP contribution in [0.25, 0.3) is 0 Å². The fourth-order valence-electron chi connectivity index (χ4n) is 6.82.